The summed E-state index contributed by atoms with van der Waals surface area (Å²) >= 11 is 6.20. The van der Waals surface area contributed by atoms with E-state index in [4.69, 9.17) is 11.6 Å². The second-order valence-electron chi connectivity index (χ2n) is 5.44. The number of rotatable bonds is 1. The molecule has 0 atom stereocenters. The van der Waals surface area contributed by atoms with Crippen LogP contribution in [-0.2, 0) is 5.41 Å². The van der Waals surface area contributed by atoms with Gasteiger partial charge in [-0.1, -0.05) is 32.4 Å². The van der Waals surface area contributed by atoms with E-state index in [2.05, 4.69) is 25.9 Å². The van der Waals surface area contributed by atoms with Crippen LogP contribution in [0.3, 0.4) is 0 Å². The van der Waals surface area contributed by atoms with Crippen molar-refractivity contribution in [3.8, 4) is 5.69 Å². The van der Waals surface area contributed by atoms with Crippen LogP contribution in [0.5, 0.6) is 0 Å². The van der Waals surface area contributed by atoms with Crippen molar-refractivity contribution in [2.24, 2.45) is 0 Å². The molecule has 0 aliphatic heterocycles. The predicted octanol–water partition coefficient (Wildman–Crippen LogP) is 4.27. The van der Waals surface area contributed by atoms with Gasteiger partial charge in [-0.3, -0.25) is 0 Å². The third-order valence-corrected chi connectivity index (χ3v) is 3.09. The Morgan fingerprint density at radius 2 is 1.89 bits per heavy atom. The fourth-order valence-electron chi connectivity index (χ4n) is 1.75. The summed E-state index contributed by atoms with van der Waals surface area (Å²) in [5.41, 5.74) is 2.46. The Morgan fingerprint density at radius 3 is 2.39 bits per heavy atom. The highest BCUT2D eigenvalue weighted by atomic mass is 35.5. The van der Waals surface area contributed by atoms with E-state index in [0.29, 0.717) is 5.15 Å². The van der Waals surface area contributed by atoms with Crippen LogP contribution < -0.4 is 0 Å². The van der Waals surface area contributed by atoms with Gasteiger partial charge in [-0.2, -0.15) is 5.10 Å². The average molecular weight is 267 g/mol. The minimum atomic E-state index is -0.254. The first-order valence-electron chi connectivity index (χ1n) is 5.81. The molecule has 0 N–H and O–H groups in total. The Labute approximate surface area is 111 Å². The maximum Gasteiger partial charge on any atom is 0.133 e. The molecule has 1 aromatic carbocycles. The zero-order valence-corrected chi connectivity index (χ0v) is 11.7. The molecule has 0 radical (unpaired) electrons. The molecule has 2 rings (SSSR count). The molecule has 0 aliphatic rings. The lowest BCUT2D eigenvalue weighted by molar-refractivity contribution is 0.560. The van der Waals surface area contributed by atoms with Crippen molar-refractivity contribution in [1.29, 1.82) is 0 Å². The summed E-state index contributed by atoms with van der Waals surface area (Å²) in [5.74, 6) is -0.254. The lowest BCUT2D eigenvalue weighted by Gasteiger charge is -2.14. The highest BCUT2D eigenvalue weighted by molar-refractivity contribution is 6.29. The van der Waals surface area contributed by atoms with Crippen molar-refractivity contribution in [3.05, 3.63) is 46.5 Å². The third-order valence-electron chi connectivity index (χ3n) is 2.82. The molecular weight excluding hydrogens is 251 g/mol. The molecule has 18 heavy (non-hydrogen) atoms. The molecule has 0 spiro atoms. The van der Waals surface area contributed by atoms with Gasteiger partial charge in [0.05, 0.1) is 11.4 Å². The number of aryl methyl sites for hydroxylation is 1. The van der Waals surface area contributed by atoms with Gasteiger partial charge in [-0.25, -0.2) is 9.07 Å². The SMILES string of the molecule is Cc1cc(F)ccc1-n1nc(C(C)(C)C)cc1Cl. The highest BCUT2D eigenvalue weighted by Gasteiger charge is 2.20. The maximum absolute atomic E-state index is 13.1. The number of halogens is 2. The molecule has 0 unspecified atom stereocenters. The molecule has 96 valence electrons. The summed E-state index contributed by atoms with van der Waals surface area (Å²) in [4.78, 5) is 0. The zero-order chi connectivity index (χ0) is 13.5. The Bertz CT molecular complexity index is 582. The molecule has 1 aromatic heterocycles. The lowest BCUT2D eigenvalue weighted by Crippen LogP contribution is -2.12. The molecule has 0 fully saturated rings. The molecule has 1 heterocycles. The number of benzene rings is 1. The first kappa shape index (κ1) is 13.1. The van der Waals surface area contributed by atoms with Crippen molar-refractivity contribution in [2.45, 2.75) is 33.1 Å². The van der Waals surface area contributed by atoms with Crippen LogP contribution in [0.25, 0.3) is 5.69 Å². The summed E-state index contributed by atoms with van der Waals surface area (Å²) in [6, 6.07) is 6.43. The molecular formula is C14H16ClFN2. The molecule has 0 saturated heterocycles. The highest BCUT2D eigenvalue weighted by Crippen LogP contribution is 2.27. The first-order chi connectivity index (χ1) is 8.29. The van der Waals surface area contributed by atoms with Crippen LogP contribution in [-0.4, -0.2) is 9.78 Å². The van der Waals surface area contributed by atoms with Crippen LogP contribution in [0, 0.1) is 12.7 Å². The summed E-state index contributed by atoms with van der Waals surface area (Å²) in [5, 5.41) is 5.04. The monoisotopic (exact) mass is 266 g/mol. The number of hydrogen-bond acceptors (Lipinski definition) is 1. The van der Waals surface area contributed by atoms with E-state index in [-0.39, 0.29) is 11.2 Å². The molecule has 4 heteroatoms. The van der Waals surface area contributed by atoms with Gasteiger partial charge in [-0.05, 0) is 36.8 Å². The summed E-state index contributed by atoms with van der Waals surface area (Å²) < 4.78 is 14.7. The Balaban J connectivity index is 2.55. The van der Waals surface area contributed by atoms with E-state index < -0.39 is 0 Å². The van der Waals surface area contributed by atoms with Crippen molar-refractivity contribution in [2.75, 3.05) is 0 Å². The third kappa shape index (κ3) is 2.41. The molecule has 0 aliphatic carbocycles. The van der Waals surface area contributed by atoms with Crippen LogP contribution in [0.1, 0.15) is 32.0 Å². The zero-order valence-electron chi connectivity index (χ0n) is 11.0. The van der Waals surface area contributed by atoms with Gasteiger partial charge in [-0.15, -0.1) is 0 Å². The summed E-state index contributed by atoms with van der Waals surface area (Å²) in [6.45, 7) is 8.07. The molecule has 0 amide bonds. The van der Waals surface area contributed by atoms with Crippen LogP contribution in [0.4, 0.5) is 4.39 Å². The normalized spacial score (nSPS) is 11.9. The number of hydrogen-bond donors (Lipinski definition) is 0. The van der Waals surface area contributed by atoms with Gasteiger partial charge in [0.25, 0.3) is 0 Å². The molecule has 2 nitrogen and oxygen atoms in total. The van der Waals surface area contributed by atoms with Crippen LogP contribution in [0.15, 0.2) is 24.3 Å². The molecule has 0 saturated carbocycles. The van der Waals surface area contributed by atoms with Gasteiger partial charge < -0.3 is 0 Å². The fraction of sp³-hybridized carbons (Fsp3) is 0.357. The minimum absolute atomic E-state index is 0.0666. The van der Waals surface area contributed by atoms with Gasteiger partial charge in [0.1, 0.15) is 11.0 Å². The van der Waals surface area contributed by atoms with Gasteiger partial charge in [0.15, 0.2) is 0 Å². The molecule has 2 aromatic rings. The van der Waals surface area contributed by atoms with E-state index in [9.17, 15) is 4.39 Å². The van der Waals surface area contributed by atoms with Crippen molar-refractivity contribution in [1.82, 2.24) is 9.78 Å². The Hall–Kier alpha value is -1.35. The number of aromatic nitrogens is 2. The van der Waals surface area contributed by atoms with E-state index in [1.165, 1.54) is 12.1 Å². The van der Waals surface area contributed by atoms with E-state index >= 15 is 0 Å². The van der Waals surface area contributed by atoms with Crippen molar-refractivity contribution >= 4 is 11.6 Å². The van der Waals surface area contributed by atoms with Crippen LogP contribution in [0.2, 0.25) is 5.15 Å². The van der Waals surface area contributed by atoms with Gasteiger partial charge >= 0.3 is 0 Å². The largest absolute Gasteiger partial charge is 0.222 e. The van der Waals surface area contributed by atoms with Crippen molar-refractivity contribution in [3.63, 3.8) is 0 Å². The predicted molar refractivity (Wildman–Crippen MR) is 72.0 cm³/mol. The summed E-state index contributed by atoms with van der Waals surface area (Å²) in [6.07, 6.45) is 0. The molecule has 0 bridgehead atoms. The van der Waals surface area contributed by atoms with Gasteiger partial charge in [0, 0.05) is 5.41 Å². The van der Waals surface area contributed by atoms with E-state index in [1.54, 1.807) is 10.7 Å². The minimum Gasteiger partial charge on any atom is -0.222 e. The van der Waals surface area contributed by atoms with Gasteiger partial charge in [0.2, 0.25) is 0 Å². The second-order valence-corrected chi connectivity index (χ2v) is 5.83. The topological polar surface area (TPSA) is 17.8 Å². The summed E-state index contributed by atoms with van der Waals surface area (Å²) in [7, 11) is 0. The quantitative estimate of drug-likeness (QED) is 0.754. The average Bonchev–Trinajstić information content (AvgIpc) is 2.60. The van der Waals surface area contributed by atoms with Crippen molar-refractivity contribution < 1.29 is 4.39 Å². The standard InChI is InChI=1S/C14H16ClFN2/c1-9-7-10(16)5-6-11(9)18-13(15)8-12(17-18)14(2,3)4/h5-8H,1-4H3. The maximum atomic E-state index is 13.1. The fourth-order valence-corrected chi connectivity index (χ4v) is 1.98. The Kier molecular flexibility index (Phi) is 3.20. The smallest absolute Gasteiger partial charge is 0.133 e. The second kappa shape index (κ2) is 4.39. The van der Waals surface area contributed by atoms with E-state index in [0.717, 1.165) is 16.9 Å². The lowest BCUT2D eigenvalue weighted by atomic mass is 9.93. The Morgan fingerprint density at radius 1 is 1.22 bits per heavy atom. The van der Waals surface area contributed by atoms with E-state index in [1.807, 2.05) is 13.0 Å². The van der Waals surface area contributed by atoms with Crippen LogP contribution >= 0.6 is 11.6 Å². The number of nitrogens with zero attached hydrogens (tertiary/aromatic N) is 2. The first-order valence-corrected chi connectivity index (χ1v) is 6.19.